The van der Waals surface area contributed by atoms with Crippen LogP contribution in [0.25, 0.3) is 0 Å². The normalized spacial score (nSPS) is 17.1. The highest BCUT2D eigenvalue weighted by Gasteiger charge is 2.23. The van der Waals surface area contributed by atoms with Gasteiger partial charge in [-0.05, 0) is 43.0 Å². The molecule has 132 valence electrons. The third-order valence-corrected chi connectivity index (χ3v) is 4.54. The molecule has 1 fully saturated rings. The highest BCUT2D eigenvalue weighted by Crippen LogP contribution is 2.18. The molecule has 0 aliphatic carbocycles. The minimum absolute atomic E-state index is 0.0214. The summed E-state index contributed by atoms with van der Waals surface area (Å²) in [4.78, 5) is 26.2. The number of hydrogen-bond donors (Lipinski definition) is 0. The van der Waals surface area contributed by atoms with Crippen molar-refractivity contribution in [3.05, 3.63) is 29.8 Å². The molecule has 1 heterocycles. The number of ketones is 1. The van der Waals surface area contributed by atoms with Gasteiger partial charge < -0.3 is 9.64 Å². The maximum absolute atomic E-state index is 12.2. The van der Waals surface area contributed by atoms with Gasteiger partial charge in [0, 0.05) is 31.5 Å². The zero-order valence-electron chi connectivity index (χ0n) is 14.9. The molecule has 4 nitrogen and oxygen atoms in total. The second kappa shape index (κ2) is 9.45. The molecule has 0 radical (unpaired) electrons. The lowest BCUT2D eigenvalue weighted by Crippen LogP contribution is -2.28. The Labute approximate surface area is 145 Å². The van der Waals surface area contributed by atoms with Gasteiger partial charge in [-0.25, -0.2) is 0 Å². The van der Waals surface area contributed by atoms with E-state index in [0.29, 0.717) is 24.5 Å². The number of nitrogens with zero attached hydrogens (tertiary/aromatic N) is 1. The Morgan fingerprint density at radius 1 is 1.17 bits per heavy atom. The van der Waals surface area contributed by atoms with Crippen molar-refractivity contribution in [2.75, 3.05) is 19.7 Å². The van der Waals surface area contributed by atoms with Crippen LogP contribution in [0.5, 0.6) is 5.75 Å². The fraction of sp³-hybridized carbons (Fsp3) is 0.600. The molecule has 4 heteroatoms. The maximum Gasteiger partial charge on any atom is 0.223 e. The van der Waals surface area contributed by atoms with E-state index < -0.39 is 0 Å². The molecule has 1 aliphatic heterocycles. The van der Waals surface area contributed by atoms with Gasteiger partial charge in [-0.1, -0.05) is 26.7 Å². The number of ether oxygens (including phenoxy) is 1. The van der Waals surface area contributed by atoms with Gasteiger partial charge in [-0.15, -0.1) is 0 Å². The minimum atomic E-state index is 0.0214. The Bertz CT molecular complexity index is 538. The second-order valence-electron chi connectivity index (χ2n) is 6.74. The van der Waals surface area contributed by atoms with E-state index >= 15 is 0 Å². The predicted octanol–water partition coefficient (Wildman–Crippen LogP) is 4.09. The van der Waals surface area contributed by atoms with Crippen molar-refractivity contribution in [2.24, 2.45) is 5.92 Å². The van der Waals surface area contributed by atoms with Crippen LogP contribution in [0, 0.1) is 5.92 Å². The molecule has 2 rings (SSSR count). The van der Waals surface area contributed by atoms with Crippen molar-refractivity contribution < 1.29 is 14.3 Å². The first-order chi connectivity index (χ1) is 11.6. The molecule has 0 saturated carbocycles. The molecule has 1 aliphatic rings. The fourth-order valence-corrected chi connectivity index (χ4v) is 2.96. The topological polar surface area (TPSA) is 46.6 Å². The van der Waals surface area contributed by atoms with Crippen molar-refractivity contribution in [1.29, 1.82) is 0 Å². The monoisotopic (exact) mass is 331 g/mol. The summed E-state index contributed by atoms with van der Waals surface area (Å²) >= 11 is 0. The average Bonchev–Trinajstić information content (AvgIpc) is 3.03. The summed E-state index contributed by atoms with van der Waals surface area (Å²) in [6.07, 6.45) is 5.04. The van der Waals surface area contributed by atoms with E-state index in [1.165, 1.54) is 12.8 Å². The summed E-state index contributed by atoms with van der Waals surface area (Å²) in [5, 5.41) is 0. The second-order valence-corrected chi connectivity index (χ2v) is 6.74. The first-order valence-electron chi connectivity index (χ1n) is 9.14. The van der Waals surface area contributed by atoms with Crippen molar-refractivity contribution in [3.63, 3.8) is 0 Å². The van der Waals surface area contributed by atoms with Crippen LogP contribution in [-0.4, -0.2) is 36.3 Å². The van der Waals surface area contributed by atoms with Crippen LogP contribution in [0.3, 0.4) is 0 Å². The molecule has 1 aromatic carbocycles. The lowest BCUT2D eigenvalue weighted by atomic mass is 10.1. The zero-order valence-corrected chi connectivity index (χ0v) is 14.9. The van der Waals surface area contributed by atoms with Crippen LogP contribution in [-0.2, 0) is 4.79 Å². The average molecular weight is 331 g/mol. The van der Waals surface area contributed by atoms with E-state index in [-0.39, 0.29) is 18.1 Å². The van der Waals surface area contributed by atoms with Crippen molar-refractivity contribution >= 4 is 11.7 Å². The minimum Gasteiger partial charge on any atom is -0.494 e. The lowest BCUT2D eigenvalue weighted by Gasteiger charge is -2.15. The standard InChI is InChI=1S/C20H29NO3/c1-3-4-5-14-24-18-8-6-17(7-9-18)19(22)10-11-20(23)21-13-12-16(2)15-21/h6-9,16H,3-5,10-15H2,1-2H3. The van der Waals surface area contributed by atoms with Gasteiger partial charge in [-0.3, -0.25) is 9.59 Å². The first kappa shape index (κ1) is 18.5. The number of rotatable bonds is 9. The molecule has 1 atom stereocenters. The summed E-state index contributed by atoms with van der Waals surface area (Å²) in [6.45, 7) is 6.69. The smallest absolute Gasteiger partial charge is 0.223 e. The highest BCUT2D eigenvalue weighted by atomic mass is 16.5. The number of Topliss-reactive ketones (excluding diaryl/α,β-unsaturated/α-hetero) is 1. The van der Waals surface area contributed by atoms with E-state index in [2.05, 4.69) is 13.8 Å². The van der Waals surface area contributed by atoms with E-state index in [0.717, 1.165) is 31.7 Å². The zero-order chi connectivity index (χ0) is 17.4. The van der Waals surface area contributed by atoms with Crippen LogP contribution in [0.15, 0.2) is 24.3 Å². The molecular weight excluding hydrogens is 302 g/mol. The van der Waals surface area contributed by atoms with Crippen LogP contribution in [0.1, 0.15) is 62.7 Å². The Balaban J connectivity index is 1.74. The number of carbonyl (C=O) groups is 2. The van der Waals surface area contributed by atoms with E-state index in [1.807, 2.05) is 17.0 Å². The Morgan fingerprint density at radius 2 is 1.92 bits per heavy atom. The molecular formula is C20H29NO3. The third kappa shape index (κ3) is 5.66. The molecule has 24 heavy (non-hydrogen) atoms. The van der Waals surface area contributed by atoms with Gasteiger partial charge in [-0.2, -0.15) is 0 Å². The molecule has 0 aromatic heterocycles. The Kier molecular flexibility index (Phi) is 7.29. The summed E-state index contributed by atoms with van der Waals surface area (Å²) in [5.41, 5.74) is 0.651. The third-order valence-electron chi connectivity index (χ3n) is 4.54. The molecule has 1 saturated heterocycles. The maximum atomic E-state index is 12.2. The van der Waals surface area contributed by atoms with Crippen LogP contribution in [0.2, 0.25) is 0 Å². The quantitative estimate of drug-likeness (QED) is 0.506. The predicted molar refractivity (Wildman–Crippen MR) is 95.4 cm³/mol. The van der Waals surface area contributed by atoms with Crippen LogP contribution >= 0.6 is 0 Å². The van der Waals surface area contributed by atoms with Gasteiger partial charge in [0.05, 0.1) is 6.61 Å². The molecule has 1 amide bonds. The lowest BCUT2D eigenvalue weighted by molar-refractivity contribution is -0.130. The molecule has 0 N–H and O–H groups in total. The largest absolute Gasteiger partial charge is 0.494 e. The van der Waals surface area contributed by atoms with E-state index in [9.17, 15) is 9.59 Å². The molecule has 1 aromatic rings. The van der Waals surface area contributed by atoms with Gasteiger partial charge in [0.1, 0.15) is 5.75 Å². The molecule has 1 unspecified atom stereocenters. The summed E-state index contributed by atoms with van der Waals surface area (Å²) in [5.74, 6) is 1.50. The Morgan fingerprint density at radius 3 is 2.54 bits per heavy atom. The molecule has 0 bridgehead atoms. The van der Waals surface area contributed by atoms with Crippen molar-refractivity contribution in [1.82, 2.24) is 4.90 Å². The van der Waals surface area contributed by atoms with Crippen molar-refractivity contribution in [2.45, 2.75) is 52.4 Å². The van der Waals surface area contributed by atoms with Gasteiger partial charge in [0.2, 0.25) is 5.91 Å². The van der Waals surface area contributed by atoms with E-state index in [1.54, 1.807) is 12.1 Å². The van der Waals surface area contributed by atoms with Gasteiger partial charge in [0.15, 0.2) is 5.78 Å². The SMILES string of the molecule is CCCCCOc1ccc(C(=O)CCC(=O)N2CCC(C)C2)cc1. The number of likely N-dealkylation sites (tertiary alicyclic amines) is 1. The highest BCUT2D eigenvalue weighted by molar-refractivity contribution is 5.98. The number of unbranched alkanes of at least 4 members (excludes halogenated alkanes) is 2. The van der Waals surface area contributed by atoms with Crippen LogP contribution < -0.4 is 4.74 Å². The van der Waals surface area contributed by atoms with Crippen molar-refractivity contribution in [3.8, 4) is 5.75 Å². The van der Waals surface area contributed by atoms with E-state index in [4.69, 9.17) is 4.74 Å². The fourth-order valence-electron chi connectivity index (χ4n) is 2.96. The number of carbonyl (C=O) groups excluding carboxylic acids is 2. The summed E-state index contributed by atoms with van der Waals surface area (Å²) in [7, 11) is 0. The van der Waals surface area contributed by atoms with Crippen LogP contribution in [0.4, 0.5) is 0 Å². The summed E-state index contributed by atoms with van der Waals surface area (Å²) < 4.78 is 5.65. The molecule has 0 spiro atoms. The summed E-state index contributed by atoms with van der Waals surface area (Å²) in [6, 6.07) is 7.26. The first-order valence-corrected chi connectivity index (χ1v) is 9.14. The number of amides is 1. The Hall–Kier alpha value is -1.84. The number of benzene rings is 1. The van der Waals surface area contributed by atoms with Gasteiger partial charge >= 0.3 is 0 Å². The van der Waals surface area contributed by atoms with Gasteiger partial charge in [0.25, 0.3) is 0 Å². The number of hydrogen-bond acceptors (Lipinski definition) is 3.